The maximum absolute atomic E-state index is 11.4. The topological polar surface area (TPSA) is 45.2 Å². The van der Waals surface area contributed by atoms with Crippen LogP contribution >= 0.6 is 0 Å². The Balaban J connectivity index is 2.53. The lowest BCUT2D eigenvalue weighted by atomic mass is 10.0. The van der Waals surface area contributed by atoms with E-state index in [1.165, 1.54) is 11.6 Å². The highest BCUT2D eigenvalue weighted by molar-refractivity contribution is 6.10. The molecule has 0 saturated carbocycles. The number of nitrogens with one attached hydrogen (secondary N) is 1. The standard InChI is InChI=1S/C16H18N2O/c1-4-11(2)9-14(17-3)13-6-5-12-7-8-16(19)18-15(12)10-13/h5-10H,4H2,1-3H3,(H,18,19)/b11-9-,17-14?. The molecule has 3 heteroatoms. The summed E-state index contributed by atoms with van der Waals surface area (Å²) in [6.07, 6.45) is 3.09. The van der Waals surface area contributed by atoms with Crippen LogP contribution in [0.4, 0.5) is 0 Å². The van der Waals surface area contributed by atoms with E-state index in [2.05, 4.69) is 29.9 Å². The van der Waals surface area contributed by atoms with Crippen LogP contribution in [0.2, 0.25) is 0 Å². The highest BCUT2D eigenvalue weighted by Crippen LogP contribution is 2.14. The fraction of sp³-hybridized carbons (Fsp3) is 0.250. The molecule has 0 atom stereocenters. The minimum Gasteiger partial charge on any atom is -0.322 e. The first-order valence-electron chi connectivity index (χ1n) is 6.41. The van der Waals surface area contributed by atoms with Gasteiger partial charge in [-0.25, -0.2) is 0 Å². The van der Waals surface area contributed by atoms with E-state index >= 15 is 0 Å². The second kappa shape index (κ2) is 5.65. The maximum atomic E-state index is 11.4. The summed E-state index contributed by atoms with van der Waals surface area (Å²) in [5, 5.41) is 1.02. The van der Waals surface area contributed by atoms with E-state index in [1.54, 1.807) is 7.05 Å². The van der Waals surface area contributed by atoms with Gasteiger partial charge in [-0.1, -0.05) is 24.6 Å². The molecule has 0 fully saturated rings. The molecule has 0 unspecified atom stereocenters. The first-order chi connectivity index (χ1) is 9.13. The van der Waals surface area contributed by atoms with Crippen LogP contribution in [-0.2, 0) is 0 Å². The lowest BCUT2D eigenvalue weighted by Gasteiger charge is -2.05. The van der Waals surface area contributed by atoms with Gasteiger partial charge in [-0.3, -0.25) is 9.79 Å². The Labute approximate surface area is 112 Å². The van der Waals surface area contributed by atoms with Crippen LogP contribution in [0.5, 0.6) is 0 Å². The molecule has 3 nitrogen and oxygen atoms in total. The van der Waals surface area contributed by atoms with Gasteiger partial charge in [0.25, 0.3) is 0 Å². The average Bonchev–Trinajstić information content (AvgIpc) is 2.43. The molecule has 1 aromatic heterocycles. The van der Waals surface area contributed by atoms with Gasteiger partial charge in [0.1, 0.15) is 0 Å². The van der Waals surface area contributed by atoms with Crippen molar-refractivity contribution in [2.75, 3.05) is 7.05 Å². The number of aromatic amines is 1. The predicted octanol–water partition coefficient (Wildman–Crippen LogP) is 3.30. The summed E-state index contributed by atoms with van der Waals surface area (Å²) in [7, 11) is 1.78. The number of aromatic nitrogens is 1. The summed E-state index contributed by atoms with van der Waals surface area (Å²) >= 11 is 0. The Morgan fingerprint density at radius 3 is 2.74 bits per heavy atom. The zero-order chi connectivity index (χ0) is 13.8. The number of hydrogen-bond acceptors (Lipinski definition) is 2. The van der Waals surface area contributed by atoms with Crippen LogP contribution in [0.1, 0.15) is 25.8 Å². The first-order valence-corrected chi connectivity index (χ1v) is 6.41. The number of benzene rings is 1. The maximum Gasteiger partial charge on any atom is 0.248 e. The Morgan fingerprint density at radius 2 is 2.05 bits per heavy atom. The molecule has 0 bridgehead atoms. The van der Waals surface area contributed by atoms with Crippen LogP contribution in [0.15, 0.2) is 51.8 Å². The number of H-pyrrole nitrogens is 1. The van der Waals surface area contributed by atoms with Crippen molar-refractivity contribution < 1.29 is 0 Å². The van der Waals surface area contributed by atoms with E-state index in [9.17, 15) is 4.79 Å². The van der Waals surface area contributed by atoms with Gasteiger partial charge in [-0.05, 0) is 36.9 Å². The molecule has 0 spiro atoms. The summed E-state index contributed by atoms with van der Waals surface area (Å²) < 4.78 is 0. The quantitative estimate of drug-likeness (QED) is 0.839. The molecule has 2 rings (SSSR count). The molecule has 1 heterocycles. The van der Waals surface area contributed by atoms with E-state index in [1.807, 2.05) is 24.3 Å². The Kier molecular flexibility index (Phi) is 3.95. The van der Waals surface area contributed by atoms with Crippen LogP contribution in [0.3, 0.4) is 0 Å². The third-order valence-electron chi connectivity index (χ3n) is 3.20. The Bertz CT molecular complexity index is 708. The van der Waals surface area contributed by atoms with Crippen molar-refractivity contribution in [2.45, 2.75) is 20.3 Å². The molecule has 1 aromatic carbocycles. The lowest BCUT2D eigenvalue weighted by Crippen LogP contribution is -2.04. The third-order valence-corrected chi connectivity index (χ3v) is 3.20. The highest BCUT2D eigenvalue weighted by Gasteiger charge is 2.02. The van der Waals surface area contributed by atoms with Gasteiger partial charge in [-0.15, -0.1) is 0 Å². The molecule has 0 radical (unpaired) electrons. The van der Waals surface area contributed by atoms with E-state index in [0.717, 1.165) is 28.6 Å². The van der Waals surface area contributed by atoms with Gasteiger partial charge in [-0.2, -0.15) is 0 Å². The molecule has 2 aromatic rings. The zero-order valence-electron chi connectivity index (χ0n) is 11.5. The van der Waals surface area contributed by atoms with Crippen LogP contribution < -0.4 is 5.56 Å². The number of allylic oxidation sites excluding steroid dienone is 2. The second-order valence-electron chi connectivity index (χ2n) is 4.58. The predicted molar refractivity (Wildman–Crippen MR) is 81.1 cm³/mol. The summed E-state index contributed by atoms with van der Waals surface area (Å²) in [6, 6.07) is 9.37. The molecule has 98 valence electrons. The highest BCUT2D eigenvalue weighted by atomic mass is 16.1. The number of nitrogens with zero attached hydrogens (tertiary/aromatic N) is 1. The third kappa shape index (κ3) is 2.99. The molecular weight excluding hydrogens is 236 g/mol. The molecule has 0 amide bonds. The van der Waals surface area contributed by atoms with E-state index in [0.29, 0.717) is 0 Å². The molecule has 1 N–H and O–H groups in total. The van der Waals surface area contributed by atoms with Gasteiger partial charge >= 0.3 is 0 Å². The number of hydrogen-bond donors (Lipinski definition) is 1. The summed E-state index contributed by atoms with van der Waals surface area (Å²) in [4.78, 5) is 18.5. The Hall–Kier alpha value is -2.16. The van der Waals surface area contributed by atoms with Crippen molar-refractivity contribution in [3.8, 4) is 0 Å². The largest absolute Gasteiger partial charge is 0.322 e. The van der Waals surface area contributed by atoms with Crippen molar-refractivity contribution in [3.63, 3.8) is 0 Å². The number of aliphatic imine (C=N–C) groups is 1. The SMILES string of the molecule is CC/C(C)=C\C(=NC)c1ccc2ccc(=O)[nH]c2c1. The normalized spacial score (nSPS) is 13.0. The van der Waals surface area contributed by atoms with Gasteiger partial charge in [0, 0.05) is 24.2 Å². The molecular formula is C16H18N2O. The van der Waals surface area contributed by atoms with Crippen LogP contribution in [0.25, 0.3) is 10.9 Å². The summed E-state index contributed by atoms with van der Waals surface area (Å²) in [5.41, 5.74) is 3.99. The van der Waals surface area contributed by atoms with E-state index in [4.69, 9.17) is 0 Å². The first kappa shape index (κ1) is 13.3. The molecule has 0 aliphatic carbocycles. The Morgan fingerprint density at radius 1 is 1.32 bits per heavy atom. The zero-order valence-corrected chi connectivity index (χ0v) is 11.5. The average molecular weight is 254 g/mol. The van der Waals surface area contributed by atoms with Crippen molar-refractivity contribution in [1.82, 2.24) is 4.98 Å². The number of pyridine rings is 1. The second-order valence-corrected chi connectivity index (χ2v) is 4.58. The lowest BCUT2D eigenvalue weighted by molar-refractivity contribution is 1.10. The minimum atomic E-state index is -0.0834. The monoisotopic (exact) mass is 254 g/mol. The van der Waals surface area contributed by atoms with Crippen molar-refractivity contribution in [3.05, 3.63) is 57.9 Å². The molecule has 0 aliphatic rings. The number of fused-ring (bicyclic) bond motifs is 1. The fourth-order valence-corrected chi connectivity index (χ4v) is 1.92. The van der Waals surface area contributed by atoms with Gasteiger partial charge in [0.05, 0.1) is 5.71 Å². The summed E-state index contributed by atoms with van der Waals surface area (Å²) in [5.74, 6) is 0. The minimum absolute atomic E-state index is 0.0834. The summed E-state index contributed by atoms with van der Waals surface area (Å²) in [6.45, 7) is 4.21. The number of rotatable bonds is 3. The van der Waals surface area contributed by atoms with Crippen LogP contribution in [0, 0.1) is 0 Å². The molecule has 0 aliphatic heterocycles. The van der Waals surface area contributed by atoms with Gasteiger partial charge < -0.3 is 4.98 Å². The van der Waals surface area contributed by atoms with Crippen molar-refractivity contribution >= 4 is 16.6 Å². The van der Waals surface area contributed by atoms with E-state index < -0.39 is 0 Å². The van der Waals surface area contributed by atoms with Crippen molar-refractivity contribution in [1.29, 1.82) is 0 Å². The smallest absolute Gasteiger partial charge is 0.248 e. The van der Waals surface area contributed by atoms with Crippen LogP contribution in [-0.4, -0.2) is 17.7 Å². The van der Waals surface area contributed by atoms with Gasteiger partial charge in [0.15, 0.2) is 0 Å². The van der Waals surface area contributed by atoms with E-state index in [-0.39, 0.29) is 5.56 Å². The molecule has 0 saturated heterocycles. The molecule has 19 heavy (non-hydrogen) atoms. The van der Waals surface area contributed by atoms with Gasteiger partial charge in [0.2, 0.25) is 5.56 Å². The fourth-order valence-electron chi connectivity index (χ4n) is 1.92. The van der Waals surface area contributed by atoms with Crippen molar-refractivity contribution in [2.24, 2.45) is 4.99 Å².